The third-order valence-electron chi connectivity index (χ3n) is 2.45. The van der Waals surface area contributed by atoms with Gasteiger partial charge in [-0.15, -0.1) is 6.58 Å². The fourth-order valence-electron chi connectivity index (χ4n) is 1.45. The smallest absolute Gasteiger partial charge is 0.243 e. The molecule has 0 unspecified atom stereocenters. The molecule has 0 heterocycles. The van der Waals surface area contributed by atoms with Crippen molar-refractivity contribution in [2.24, 2.45) is 5.73 Å². The molecule has 0 radical (unpaired) electrons. The second-order valence-corrected chi connectivity index (χ2v) is 5.80. The molecule has 2 N–H and O–H groups in total. The molecule has 0 saturated heterocycles. The Kier molecular flexibility index (Phi) is 4.86. The van der Waals surface area contributed by atoms with Gasteiger partial charge in [-0.05, 0) is 30.7 Å². The molecule has 0 aliphatic carbocycles. The van der Waals surface area contributed by atoms with Crippen molar-refractivity contribution in [1.29, 1.82) is 0 Å². The molecule has 0 amide bonds. The SMILES string of the molecule is C=CCN(C)S(=O)(=O)c1ccc(CCN)cc1. The quantitative estimate of drug-likeness (QED) is 0.770. The number of benzene rings is 1. The first-order valence-corrected chi connectivity index (χ1v) is 6.82. The van der Waals surface area contributed by atoms with E-state index in [4.69, 9.17) is 5.73 Å². The van der Waals surface area contributed by atoms with E-state index in [-0.39, 0.29) is 0 Å². The third-order valence-corrected chi connectivity index (χ3v) is 4.29. The Bertz CT molecular complexity index is 466. The number of hydrogen-bond donors (Lipinski definition) is 1. The summed E-state index contributed by atoms with van der Waals surface area (Å²) in [5, 5.41) is 0. The van der Waals surface area contributed by atoms with Gasteiger partial charge in [0.25, 0.3) is 0 Å². The fraction of sp³-hybridized carbons (Fsp3) is 0.333. The van der Waals surface area contributed by atoms with Crippen LogP contribution in [0.25, 0.3) is 0 Å². The Balaban J connectivity index is 2.95. The molecule has 94 valence electrons. The van der Waals surface area contributed by atoms with E-state index in [9.17, 15) is 8.42 Å². The molecule has 0 aliphatic rings. The maximum atomic E-state index is 12.0. The molecule has 0 aromatic heterocycles. The molecule has 5 heteroatoms. The average Bonchev–Trinajstić information content (AvgIpc) is 2.30. The predicted octanol–water partition coefficient (Wildman–Crippen LogP) is 0.994. The van der Waals surface area contributed by atoms with Gasteiger partial charge >= 0.3 is 0 Å². The highest BCUT2D eigenvalue weighted by Crippen LogP contribution is 2.15. The van der Waals surface area contributed by atoms with E-state index in [0.29, 0.717) is 18.0 Å². The van der Waals surface area contributed by atoms with Crippen molar-refractivity contribution in [3.8, 4) is 0 Å². The lowest BCUT2D eigenvalue weighted by molar-refractivity contribution is 0.499. The van der Waals surface area contributed by atoms with Crippen molar-refractivity contribution >= 4 is 10.0 Å². The molecular formula is C12H18N2O2S. The minimum atomic E-state index is -3.40. The molecule has 0 saturated carbocycles. The number of likely N-dealkylation sites (N-methyl/N-ethyl adjacent to an activating group) is 1. The second kappa shape index (κ2) is 5.95. The van der Waals surface area contributed by atoms with Gasteiger partial charge in [-0.25, -0.2) is 8.42 Å². The van der Waals surface area contributed by atoms with Crippen LogP contribution in [0.3, 0.4) is 0 Å². The Hall–Kier alpha value is -1.17. The van der Waals surface area contributed by atoms with Crippen LogP contribution >= 0.6 is 0 Å². The Morgan fingerprint density at radius 3 is 2.41 bits per heavy atom. The molecule has 1 rings (SSSR count). The molecule has 4 nitrogen and oxygen atoms in total. The second-order valence-electron chi connectivity index (χ2n) is 3.76. The Labute approximate surface area is 103 Å². The van der Waals surface area contributed by atoms with Gasteiger partial charge in [0.1, 0.15) is 0 Å². The zero-order valence-electron chi connectivity index (χ0n) is 9.96. The molecule has 0 fully saturated rings. The normalized spacial score (nSPS) is 11.7. The highest BCUT2D eigenvalue weighted by Gasteiger charge is 2.18. The number of nitrogens with two attached hydrogens (primary N) is 1. The lowest BCUT2D eigenvalue weighted by atomic mass is 10.2. The summed E-state index contributed by atoms with van der Waals surface area (Å²) in [6.45, 7) is 4.38. The lowest BCUT2D eigenvalue weighted by Gasteiger charge is -2.15. The van der Waals surface area contributed by atoms with E-state index < -0.39 is 10.0 Å². The fourth-order valence-corrected chi connectivity index (χ4v) is 2.60. The highest BCUT2D eigenvalue weighted by molar-refractivity contribution is 7.89. The predicted molar refractivity (Wildman–Crippen MR) is 69.2 cm³/mol. The van der Waals surface area contributed by atoms with Gasteiger partial charge in [0.2, 0.25) is 10.0 Å². The Morgan fingerprint density at radius 1 is 1.35 bits per heavy atom. The van der Waals surface area contributed by atoms with Crippen LogP contribution in [0.5, 0.6) is 0 Å². The van der Waals surface area contributed by atoms with Crippen molar-refractivity contribution in [3.63, 3.8) is 0 Å². The van der Waals surface area contributed by atoms with E-state index in [1.165, 1.54) is 11.4 Å². The van der Waals surface area contributed by atoms with Crippen LogP contribution < -0.4 is 5.73 Å². The van der Waals surface area contributed by atoms with E-state index in [0.717, 1.165) is 12.0 Å². The van der Waals surface area contributed by atoms with E-state index >= 15 is 0 Å². The molecule has 17 heavy (non-hydrogen) atoms. The molecule has 0 spiro atoms. The molecule has 0 bridgehead atoms. The summed E-state index contributed by atoms with van der Waals surface area (Å²) in [5.41, 5.74) is 6.47. The first-order valence-electron chi connectivity index (χ1n) is 5.38. The van der Waals surface area contributed by atoms with Gasteiger partial charge in [0.15, 0.2) is 0 Å². The zero-order valence-corrected chi connectivity index (χ0v) is 10.8. The molecule has 1 aromatic carbocycles. The van der Waals surface area contributed by atoms with Crippen molar-refractivity contribution in [3.05, 3.63) is 42.5 Å². The van der Waals surface area contributed by atoms with Crippen molar-refractivity contribution in [1.82, 2.24) is 4.31 Å². The van der Waals surface area contributed by atoms with Gasteiger partial charge in [-0.3, -0.25) is 0 Å². The van der Waals surface area contributed by atoms with Crippen LogP contribution in [0, 0.1) is 0 Å². The van der Waals surface area contributed by atoms with Gasteiger partial charge in [0, 0.05) is 13.6 Å². The van der Waals surface area contributed by atoms with Crippen LogP contribution in [0.1, 0.15) is 5.56 Å². The van der Waals surface area contributed by atoms with Crippen LogP contribution in [-0.4, -0.2) is 32.9 Å². The summed E-state index contributed by atoms with van der Waals surface area (Å²) in [6, 6.07) is 6.81. The van der Waals surface area contributed by atoms with E-state index in [1.807, 2.05) is 0 Å². The number of nitrogens with zero attached hydrogens (tertiary/aromatic N) is 1. The largest absolute Gasteiger partial charge is 0.330 e. The number of hydrogen-bond acceptors (Lipinski definition) is 3. The van der Waals surface area contributed by atoms with Crippen LogP contribution in [0.15, 0.2) is 41.8 Å². The first kappa shape index (κ1) is 13.9. The summed E-state index contributed by atoms with van der Waals surface area (Å²) in [5.74, 6) is 0. The number of rotatable bonds is 6. The minimum Gasteiger partial charge on any atom is -0.330 e. The summed E-state index contributed by atoms with van der Waals surface area (Å²) in [7, 11) is -1.87. The van der Waals surface area contributed by atoms with Crippen molar-refractivity contribution in [2.75, 3.05) is 20.1 Å². The third kappa shape index (κ3) is 3.39. The van der Waals surface area contributed by atoms with Crippen LogP contribution in [0.4, 0.5) is 0 Å². The average molecular weight is 254 g/mol. The first-order chi connectivity index (χ1) is 8.02. The topological polar surface area (TPSA) is 63.4 Å². The van der Waals surface area contributed by atoms with Gasteiger partial charge in [-0.1, -0.05) is 18.2 Å². The molecule has 0 atom stereocenters. The molecule has 1 aromatic rings. The molecule has 0 aliphatic heterocycles. The van der Waals surface area contributed by atoms with Crippen molar-refractivity contribution < 1.29 is 8.42 Å². The van der Waals surface area contributed by atoms with Crippen LogP contribution in [0.2, 0.25) is 0 Å². The van der Waals surface area contributed by atoms with Crippen molar-refractivity contribution in [2.45, 2.75) is 11.3 Å². The van der Waals surface area contributed by atoms with Gasteiger partial charge in [0.05, 0.1) is 4.90 Å². The monoisotopic (exact) mass is 254 g/mol. The maximum absolute atomic E-state index is 12.0. The lowest BCUT2D eigenvalue weighted by Crippen LogP contribution is -2.26. The molecular weight excluding hydrogens is 236 g/mol. The summed E-state index contributed by atoms with van der Waals surface area (Å²) in [6.07, 6.45) is 2.31. The van der Waals surface area contributed by atoms with Gasteiger partial charge < -0.3 is 5.73 Å². The Morgan fingerprint density at radius 2 is 1.94 bits per heavy atom. The summed E-state index contributed by atoms with van der Waals surface area (Å²) in [4.78, 5) is 0.294. The highest BCUT2D eigenvalue weighted by atomic mass is 32.2. The maximum Gasteiger partial charge on any atom is 0.243 e. The van der Waals surface area contributed by atoms with E-state index in [2.05, 4.69) is 6.58 Å². The van der Waals surface area contributed by atoms with Crippen LogP contribution in [-0.2, 0) is 16.4 Å². The van der Waals surface area contributed by atoms with Gasteiger partial charge in [-0.2, -0.15) is 4.31 Å². The number of sulfonamides is 1. The summed E-state index contributed by atoms with van der Waals surface area (Å²) >= 11 is 0. The standard InChI is InChI=1S/C12H18N2O2S/c1-3-10-14(2)17(15,16)12-6-4-11(5-7-12)8-9-13/h3-7H,1,8-10,13H2,2H3. The minimum absolute atomic E-state index is 0.294. The zero-order chi connectivity index (χ0) is 12.9. The summed E-state index contributed by atoms with van der Waals surface area (Å²) < 4.78 is 25.4. The van der Waals surface area contributed by atoms with E-state index in [1.54, 1.807) is 30.3 Å².